The lowest BCUT2D eigenvalue weighted by Gasteiger charge is -2.33. The highest BCUT2D eigenvalue weighted by atomic mass is 79.9. The van der Waals surface area contributed by atoms with Crippen molar-refractivity contribution < 1.29 is 42.9 Å². The monoisotopic (exact) mass is 394 g/mol. The molecule has 0 amide bonds. The molecule has 0 bridgehead atoms. The normalized spacial score (nSPS) is 9.67. The van der Waals surface area contributed by atoms with E-state index in [4.69, 9.17) is 0 Å². The van der Waals surface area contributed by atoms with E-state index in [2.05, 4.69) is 42.0 Å². The van der Waals surface area contributed by atoms with Crippen LogP contribution < -0.4 is 34.0 Å². The van der Waals surface area contributed by atoms with Crippen LogP contribution in [0.2, 0.25) is 0 Å². The van der Waals surface area contributed by atoms with Gasteiger partial charge in [-0.05, 0) is 13.8 Å². The lowest BCUT2D eigenvalue weighted by atomic mass is 10.3. The van der Waals surface area contributed by atoms with E-state index >= 15 is 0 Å². The highest BCUT2D eigenvalue weighted by Gasteiger charge is 2.17. The Labute approximate surface area is 139 Å². The van der Waals surface area contributed by atoms with Crippen LogP contribution in [0.5, 0.6) is 0 Å². The molecule has 120 valence electrons. The number of quaternary nitrogens is 2. The van der Waals surface area contributed by atoms with Crippen LogP contribution in [0.1, 0.15) is 42.5 Å². The number of hydrogen-bond donors (Lipinski definition) is 0. The highest BCUT2D eigenvalue weighted by molar-refractivity contribution is 4.37. The third-order valence-corrected chi connectivity index (χ3v) is 3.05. The van der Waals surface area contributed by atoms with Crippen molar-refractivity contribution in [1.82, 2.24) is 0 Å². The van der Waals surface area contributed by atoms with Crippen LogP contribution in [0.4, 0.5) is 0 Å². The van der Waals surface area contributed by atoms with E-state index in [1.54, 1.807) is 0 Å². The maximum Gasteiger partial charge on any atom is 0.0838 e. The van der Waals surface area contributed by atoms with Crippen LogP contribution in [-0.2, 0) is 0 Å². The Bertz CT molecular complexity index is 141. The Morgan fingerprint density at radius 3 is 1.22 bits per heavy atom. The quantitative estimate of drug-likeness (QED) is 0.435. The molecule has 0 saturated heterocycles. The standard InChI is InChI=1S/C11H28N2.3CH4.2BrH/c1-7-13(6,8-2)11-9-10-12(3,4)5;;;;;/h7-11H2,1-6H3;3*1H4;2*1H/q+2;;;;;/p-2. The Balaban J connectivity index is -0.0000000720. The second kappa shape index (κ2) is 15.9. The molecule has 2 nitrogen and oxygen atoms in total. The van der Waals surface area contributed by atoms with Gasteiger partial charge in [0.25, 0.3) is 0 Å². The molecular formula is C14H40Br2N2. The topological polar surface area (TPSA) is 0 Å². The molecule has 0 unspecified atom stereocenters. The summed E-state index contributed by atoms with van der Waals surface area (Å²) in [6.45, 7) is 9.70. The van der Waals surface area contributed by atoms with Crippen molar-refractivity contribution in [3.63, 3.8) is 0 Å². The van der Waals surface area contributed by atoms with Gasteiger partial charge in [-0.15, -0.1) is 0 Å². The predicted molar refractivity (Wildman–Crippen MR) is 79.8 cm³/mol. The van der Waals surface area contributed by atoms with Gasteiger partial charge in [0.1, 0.15) is 0 Å². The molecule has 0 aromatic heterocycles. The molecule has 4 heteroatoms. The molecule has 0 radical (unpaired) electrons. The van der Waals surface area contributed by atoms with Crippen molar-refractivity contribution >= 4 is 0 Å². The van der Waals surface area contributed by atoms with Gasteiger partial charge in [0.05, 0.1) is 54.4 Å². The second-order valence-corrected chi connectivity index (χ2v) is 5.34. The van der Waals surface area contributed by atoms with Crippen LogP contribution >= 0.6 is 0 Å². The summed E-state index contributed by atoms with van der Waals surface area (Å²) in [6, 6.07) is 0. The molecule has 18 heavy (non-hydrogen) atoms. The third kappa shape index (κ3) is 19.2. The molecule has 0 fully saturated rings. The van der Waals surface area contributed by atoms with Gasteiger partial charge >= 0.3 is 0 Å². The Hall–Kier alpha value is 0.880. The molecule has 0 rings (SSSR count). The molecule has 0 heterocycles. The maximum absolute atomic E-state index is 2.36. The van der Waals surface area contributed by atoms with E-state index in [1.165, 1.54) is 37.1 Å². The van der Waals surface area contributed by atoms with Crippen LogP contribution in [0.25, 0.3) is 0 Å². The zero-order chi connectivity index (χ0) is 10.5. The molecule has 0 aliphatic carbocycles. The lowest BCUT2D eigenvalue weighted by molar-refractivity contribution is -0.914. The first-order valence-corrected chi connectivity index (χ1v) is 5.47. The average Bonchev–Trinajstić information content (AvgIpc) is 2.02. The molecule has 0 aliphatic heterocycles. The van der Waals surface area contributed by atoms with Gasteiger partial charge in [-0.2, -0.15) is 0 Å². The smallest absolute Gasteiger partial charge is 0.0838 e. The molecule has 0 aliphatic rings. The van der Waals surface area contributed by atoms with E-state index < -0.39 is 0 Å². The summed E-state index contributed by atoms with van der Waals surface area (Å²) < 4.78 is 2.31. The molecule has 0 aromatic carbocycles. The van der Waals surface area contributed by atoms with Crippen molar-refractivity contribution in [3.05, 3.63) is 0 Å². The summed E-state index contributed by atoms with van der Waals surface area (Å²) in [6.07, 6.45) is 1.34. The van der Waals surface area contributed by atoms with E-state index in [-0.39, 0.29) is 56.2 Å². The van der Waals surface area contributed by atoms with E-state index in [0.717, 1.165) is 4.48 Å². The summed E-state index contributed by atoms with van der Waals surface area (Å²) in [4.78, 5) is 0. The zero-order valence-corrected chi connectivity index (χ0v) is 14.4. The van der Waals surface area contributed by atoms with Crippen LogP contribution in [0.15, 0.2) is 0 Å². The molecule has 0 spiro atoms. The van der Waals surface area contributed by atoms with E-state index in [1.807, 2.05) is 0 Å². The Morgan fingerprint density at radius 2 is 1.00 bits per heavy atom. The molecule has 0 aromatic rings. The molecule has 0 N–H and O–H groups in total. The summed E-state index contributed by atoms with van der Waals surface area (Å²) in [5.74, 6) is 0. The largest absolute Gasteiger partial charge is 1.00 e. The average molecular weight is 396 g/mol. The zero-order valence-electron chi connectivity index (χ0n) is 11.2. The van der Waals surface area contributed by atoms with Gasteiger partial charge in [0, 0.05) is 6.42 Å². The van der Waals surface area contributed by atoms with Crippen molar-refractivity contribution in [3.8, 4) is 0 Å². The summed E-state index contributed by atoms with van der Waals surface area (Å²) >= 11 is 0. The first kappa shape index (κ1) is 36.4. The first-order valence-electron chi connectivity index (χ1n) is 5.47. The van der Waals surface area contributed by atoms with Gasteiger partial charge in [-0.3, -0.25) is 0 Å². The Kier molecular flexibility index (Phi) is 32.2. The predicted octanol–water partition coefficient (Wildman–Crippen LogP) is -2.51. The van der Waals surface area contributed by atoms with Gasteiger partial charge in [-0.1, -0.05) is 22.3 Å². The fourth-order valence-corrected chi connectivity index (χ4v) is 1.47. The van der Waals surface area contributed by atoms with Gasteiger partial charge in [-0.25, -0.2) is 0 Å². The first-order chi connectivity index (χ1) is 5.83. The minimum atomic E-state index is 0. The molecular weight excluding hydrogens is 356 g/mol. The Morgan fingerprint density at radius 1 is 0.667 bits per heavy atom. The van der Waals surface area contributed by atoms with Gasteiger partial charge < -0.3 is 42.9 Å². The van der Waals surface area contributed by atoms with Crippen molar-refractivity contribution in [1.29, 1.82) is 0 Å². The summed E-state index contributed by atoms with van der Waals surface area (Å²) in [5.41, 5.74) is 0. The third-order valence-electron chi connectivity index (χ3n) is 3.05. The maximum atomic E-state index is 2.36. The second-order valence-electron chi connectivity index (χ2n) is 5.34. The fourth-order valence-electron chi connectivity index (χ4n) is 1.47. The SMILES string of the molecule is C.C.C.CC[N+](C)(CC)CCC[N+](C)(C)C.[Br-].[Br-]. The van der Waals surface area contributed by atoms with Crippen LogP contribution in [0.3, 0.4) is 0 Å². The van der Waals surface area contributed by atoms with Crippen molar-refractivity contribution in [2.24, 2.45) is 0 Å². The molecule has 0 atom stereocenters. The van der Waals surface area contributed by atoms with Crippen molar-refractivity contribution in [2.75, 3.05) is 54.4 Å². The molecule has 0 saturated carbocycles. The van der Waals surface area contributed by atoms with Gasteiger partial charge in [0.2, 0.25) is 0 Å². The fraction of sp³-hybridized carbons (Fsp3) is 1.00. The minimum absolute atomic E-state index is 0. The number of nitrogens with zero attached hydrogens (tertiary/aromatic N) is 2. The number of halogens is 2. The van der Waals surface area contributed by atoms with Gasteiger partial charge in [0.15, 0.2) is 0 Å². The summed E-state index contributed by atoms with van der Waals surface area (Å²) in [7, 11) is 9.16. The van der Waals surface area contributed by atoms with Crippen LogP contribution in [0, 0.1) is 0 Å². The number of hydrogen-bond acceptors (Lipinski definition) is 0. The summed E-state index contributed by atoms with van der Waals surface area (Å²) in [5, 5.41) is 0. The van der Waals surface area contributed by atoms with Crippen LogP contribution in [-0.4, -0.2) is 63.3 Å². The minimum Gasteiger partial charge on any atom is -1.00 e. The van der Waals surface area contributed by atoms with Crippen molar-refractivity contribution in [2.45, 2.75) is 42.5 Å². The number of rotatable bonds is 6. The lowest BCUT2D eigenvalue weighted by Crippen LogP contribution is -3.00. The van der Waals surface area contributed by atoms with E-state index in [9.17, 15) is 0 Å². The highest BCUT2D eigenvalue weighted by Crippen LogP contribution is 2.04. The van der Waals surface area contributed by atoms with E-state index in [0.29, 0.717) is 0 Å².